The zero-order valence-corrected chi connectivity index (χ0v) is 9.82. The maximum atomic E-state index is 10.7. The van der Waals surface area contributed by atoms with E-state index in [2.05, 4.69) is 15.9 Å². The minimum absolute atomic E-state index is 0.000185. The molecule has 1 heterocycles. The summed E-state index contributed by atoms with van der Waals surface area (Å²) in [5, 5.41) is 0. The summed E-state index contributed by atoms with van der Waals surface area (Å²) in [6.07, 6.45) is 1.30. The van der Waals surface area contributed by atoms with Gasteiger partial charge >= 0.3 is 0 Å². The van der Waals surface area contributed by atoms with Gasteiger partial charge in [-0.3, -0.25) is 0 Å². The Labute approximate surface area is 90.3 Å². The summed E-state index contributed by atoms with van der Waals surface area (Å²) in [6, 6.07) is 3.98. The maximum absolute atomic E-state index is 10.7. The average molecular weight is 262 g/mol. The lowest BCUT2D eigenvalue weighted by Gasteiger charge is -2.06. The largest absolute Gasteiger partial charge is 0.323 e. The minimum Gasteiger partial charge on any atom is -0.323 e. The fraction of sp³-hybridized carbons (Fsp3) is 0.444. The normalized spacial score (nSPS) is 12.8. The van der Waals surface area contributed by atoms with Gasteiger partial charge in [-0.1, -0.05) is 0 Å². The molecule has 72 valence electrons. The van der Waals surface area contributed by atoms with Gasteiger partial charge in [-0.05, 0) is 41.4 Å². The molecule has 0 spiro atoms. The Hall–Kier alpha value is -0.190. The number of Topliss-reactive ketones (excluding diaryl/α,β-unsaturated/α-hetero) is 1. The molecule has 0 saturated carbocycles. The van der Waals surface area contributed by atoms with Crippen molar-refractivity contribution < 1.29 is 4.79 Å². The molecule has 0 fully saturated rings. The molecular formula is C9H12BrNOS. The molecule has 1 aromatic rings. The first-order valence-corrected chi connectivity index (χ1v) is 5.71. The van der Waals surface area contributed by atoms with Crippen molar-refractivity contribution in [1.82, 2.24) is 0 Å². The van der Waals surface area contributed by atoms with Gasteiger partial charge in [0.05, 0.1) is 3.79 Å². The molecular weight excluding hydrogens is 250 g/mol. The highest BCUT2D eigenvalue weighted by atomic mass is 79.9. The number of nitrogens with two attached hydrogens (primary N) is 1. The summed E-state index contributed by atoms with van der Waals surface area (Å²) in [5.41, 5.74) is 5.89. The average Bonchev–Trinajstić information content (AvgIpc) is 2.47. The van der Waals surface area contributed by atoms with E-state index >= 15 is 0 Å². The van der Waals surface area contributed by atoms with Crippen LogP contribution in [0.5, 0.6) is 0 Å². The van der Waals surface area contributed by atoms with Gasteiger partial charge in [0.15, 0.2) is 0 Å². The summed E-state index contributed by atoms with van der Waals surface area (Å²) in [7, 11) is 0. The van der Waals surface area contributed by atoms with Crippen molar-refractivity contribution in [2.24, 2.45) is 5.73 Å². The van der Waals surface area contributed by atoms with E-state index in [0.717, 1.165) is 15.1 Å². The first-order valence-electron chi connectivity index (χ1n) is 4.10. The van der Waals surface area contributed by atoms with Gasteiger partial charge in [-0.15, -0.1) is 11.3 Å². The van der Waals surface area contributed by atoms with Gasteiger partial charge in [0.25, 0.3) is 0 Å². The third kappa shape index (κ3) is 3.58. The Morgan fingerprint density at radius 1 is 1.69 bits per heavy atom. The molecule has 1 atom stereocenters. The van der Waals surface area contributed by atoms with E-state index in [9.17, 15) is 4.79 Å². The number of carbonyl (C=O) groups is 1. The number of rotatable bonds is 4. The highest BCUT2D eigenvalue weighted by Crippen LogP contribution is 2.28. The number of hydrogen-bond donors (Lipinski definition) is 1. The molecule has 1 aromatic heterocycles. The van der Waals surface area contributed by atoms with Crippen LogP contribution in [0, 0.1) is 0 Å². The van der Waals surface area contributed by atoms with Crippen LogP contribution < -0.4 is 5.73 Å². The molecule has 2 N–H and O–H groups in total. The Balaban J connectivity index is 2.48. The van der Waals surface area contributed by atoms with Crippen molar-refractivity contribution in [2.75, 3.05) is 0 Å². The molecule has 1 rings (SSSR count). The van der Waals surface area contributed by atoms with Crippen molar-refractivity contribution in [3.8, 4) is 0 Å². The van der Waals surface area contributed by atoms with Crippen LogP contribution in [0.4, 0.5) is 0 Å². The molecule has 2 nitrogen and oxygen atoms in total. The first kappa shape index (κ1) is 10.9. The molecule has 0 aliphatic rings. The van der Waals surface area contributed by atoms with Crippen molar-refractivity contribution >= 4 is 33.0 Å². The molecule has 1 unspecified atom stereocenters. The van der Waals surface area contributed by atoms with Crippen LogP contribution in [0.15, 0.2) is 15.9 Å². The van der Waals surface area contributed by atoms with Crippen LogP contribution in [0.25, 0.3) is 0 Å². The summed E-state index contributed by atoms with van der Waals surface area (Å²) in [6.45, 7) is 1.59. The van der Waals surface area contributed by atoms with E-state index in [0.29, 0.717) is 6.42 Å². The van der Waals surface area contributed by atoms with Crippen LogP contribution in [0.3, 0.4) is 0 Å². The van der Waals surface area contributed by atoms with Crippen molar-refractivity contribution in [3.05, 3.63) is 20.8 Å². The molecule has 13 heavy (non-hydrogen) atoms. The fourth-order valence-corrected chi connectivity index (χ4v) is 2.49. The van der Waals surface area contributed by atoms with E-state index in [4.69, 9.17) is 5.73 Å². The second-order valence-electron chi connectivity index (χ2n) is 2.99. The second-order valence-corrected chi connectivity index (χ2v) is 5.48. The summed E-state index contributed by atoms with van der Waals surface area (Å²) in [5.74, 6) is 0.200. The number of hydrogen-bond acceptors (Lipinski definition) is 3. The van der Waals surface area contributed by atoms with Gasteiger partial charge < -0.3 is 10.5 Å². The molecule has 0 aliphatic carbocycles. The van der Waals surface area contributed by atoms with Crippen LogP contribution in [-0.4, -0.2) is 5.78 Å². The lowest BCUT2D eigenvalue weighted by Crippen LogP contribution is -2.09. The Bertz CT molecular complexity index is 298. The highest BCUT2D eigenvalue weighted by Gasteiger charge is 2.09. The quantitative estimate of drug-likeness (QED) is 0.906. The van der Waals surface area contributed by atoms with Gasteiger partial charge in [0.2, 0.25) is 0 Å². The van der Waals surface area contributed by atoms with Gasteiger partial charge in [0, 0.05) is 17.3 Å². The Morgan fingerprint density at radius 3 is 2.85 bits per heavy atom. The van der Waals surface area contributed by atoms with E-state index in [-0.39, 0.29) is 11.8 Å². The van der Waals surface area contributed by atoms with Gasteiger partial charge in [0.1, 0.15) is 5.78 Å². The van der Waals surface area contributed by atoms with E-state index in [1.54, 1.807) is 18.3 Å². The second kappa shape index (κ2) is 4.88. The molecule has 0 saturated heterocycles. The lowest BCUT2D eigenvalue weighted by atomic mass is 10.1. The molecule has 0 aliphatic heterocycles. The highest BCUT2D eigenvalue weighted by molar-refractivity contribution is 9.11. The zero-order chi connectivity index (χ0) is 9.84. The van der Waals surface area contributed by atoms with E-state index < -0.39 is 0 Å². The van der Waals surface area contributed by atoms with Crippen LogP contribution in [0.1, 0.15) is 30.7 Å². The Morgan fingerprint density at radius 2 is 2.38 bits per heavy atom. The Kier molecular flexibility index (Phi) is 4.09. The van der Waals surface area contributed by atoms with E-state index in [1.165, 1.54) is 0 Å². The number of thiophene rings is 1. The molecule has 0 amide bonds. The van der Waals surface area contributed by atoms with Gasteiger partial charge in [-0.2, -0.15) is 0 Å². The van der Waals surface area contributed by atoms with Crippen LogP contribution in [0.2, 0.25) is 0 Å². The standard InChI is InChI=1S/C9H12BrNOS/c1-6(12)2-3-7(11)8-4-5-9(10)13-8/h4-5,7H,2-3,11H2,1H3. The summed E-state index contributed by atoms with van der Waals surface area (Å²) >= 11 is 5.00. The topological polar surface area (TPSA) is 43.1 Å². The van der Waals surface area contributed by atoms with Crippen molar-refractivity contribution in [3.63, 3.8) is 0 Å². The number of halogens is 1. The monoisotopic (exact) mass is 261 g/mol. The third-order valence-corrected chi connectivity index (χ3v) is 3.52. The minimum atomic E-state index is 0.000185. The van der Waals surface area contributed by atoms with Gasteiger partial charge in [-0.25, -0.2) is 0 Å². The van der Waals surface area contributed by atoms with Crippen molar-refractivity contribution in [1.29, 1.82) is 0 Å². The predicted octanol–water partition coefficient (Wildman–Crippen LogP) is 2.88. The molecule has 0 radical (unpaired) electrons. The van der Waals surface area contributed by atoms with E-state index in [1.807, 2.05) is 12.1 Å². The first-order chi connectivity index (χ1) is 6.09. The smallest absolute Gasteiger partial charge is 0.129 e. The zero-order valence-electron chi connectivity index (χ0n) is 7.42. The van der Waals surface area contributed by atoms with Crippen LogP contribution in [-0.2, 0) is 4.79 Å². The summed E-state index contributed by atoms with van der Waals surface area (Å²) in [4.78, 5) is 11.9. The number of carbonyl (C=O) groups excluding carboxylic acids is 1. The van der Waals surface area contributed by atoms with Crippen LogP contribution >= 0.6 is 27.3 Å². The molecule has 4 heteroatoms. The fourth-order valence-electron chi connectivity index (χ4n) is 1.03. The number of ketones is 1. The SMILES string of the molecule is CC(=O)CCC(N)c1ccc(Br)s1. The maximum Gasteiger partial charge on any atom is 0.129 e. The van der Waals surface area contributed by atoms with Crippen molar-refractivity contribution in [2.45, 2.75) is 25.8 Å². The summed E-state index contributed by atoms with van der Waals surface area (Å²) < 4.78 is 1.08. The molecule has 0 bridgehead atoms. The third-order valence-electron chi connectivity index (χ3n) is 1.77. The molecule has 0 aromatic carbocycles. The predicted molar refractivity (Wildman–Crippen MR) is 58.9 cm³/mol. The lowest BCUT2D eigenvalue weighted by molar-refractivity contribution is -0.117.